The van der Waals surface area contributed by atoms with E-state index in [1.807, 2.05) is 48.5 Å². The predicted molar refractivity (Wildman–Crippen MR) is 90.5 cm³/mol. The van der Waals surface area contributed by atoms with Crippen molar-refractivity contribution < 1.29 is 0 Å². The van der Waals surface area contributed by atoms with Crippen LogP contribution in [0.3, 0.4) is 0 Å². The number of aromatic nitrogens is 3. The molecule has 0 saturated heterocycles. The highest BCUT2D eigenvalue weighted by Gasteiger charge is 2.07. The zero-order valence-corrected chi connectivity index (χ0v) is 14.0. The zero-order chi connectivity index (χ0) is 14.7. The Morgan fingerprint density at radius 2 is 1.86 bits per heavy atom. The summed E-state index contributed by atoms with van der Waals surface area (Å²) >= 11 is 11.1. The van der Waals surface area contributed by atoms with Gasteiger partial charge in [0.2, 0.25) is 5.16 Å². The van der Waals surface area contributed by atoms with Crippen molar-refractivity contribution in [2.45, 2.75) is 10.9 Å². The maximum absolute atomic E-state index is 6.14. The summed E-state index contributed by atoms with van der Waals surface area (Å²) in [4.78, 5) is 4.49. The van der Waals surface area contributed by atoms with Crippen LogP contribution < -0.4 is 0 Å². The quantitative estimate of drug-likeness (QED) is 0.634. The maximum atomic E-state index is 6.14. The van der Waals surface area contributed by atoms with E-state index in [2.05, 4.69) is 31.1 Å². The summed E-state index contributed by atoms with van der Waals surface area (Å²) in [6.07, 6.45) is 0. The average Bonchev–Trinajstić information content (AvgIpc) is 2.96. The van der Waals surface area contributed by atoms with Gasteiger partial charge in [0.25, 0.3) is 0 Å². The first-order chi connectivity index (χ1) is 10.2. The van der Waals surface area contributed by atoms with E-state index in [9.17, 15) is 0 Å². The van der Waals surface area contributed by atoms with Gasteiger partial charge < -0.3 is 0 Å². The van der Waals surface area contributed by atoms with Crippen molar-refractivity contribution in [1.29, 1.82) is 0 Å². The van der Waals surface area contributed by atoms with Gasteiger partial charge in [-0.3, -0.25) is 5.10 Å². The largest absolute Gasteiger partial charge is 0.258 e. The van der Waals surface area contributed by atoms with Crippen molar-refractivity contribution in [2.24, 2.45) is 0 Å². The van der Waals surface area contributed by atoms with Crippen LogP contribution >= 0.6 is 39.3 Å². The second-order valence-corrected chi connectivity index (χ2v) is 6.62. The first-order valence-corrected chi connectivity index (χ1v) is 8.42. The van der Waals surface area contributed by atoms with Gasteiger partial charge in [-0.1, -0.05) is 69.6 Å². The number of aromatic amines is 1. The summed E-state index contributed by atoms with van der Waals surface area (Å²) in [6.45, 7) is 0. The molecule has 106 valence electrons. The van der Waals surface area contributed by atoms with Crippen LogP contribution in [0.4, 0.5) is 0 Å². The predicted octanol–water partition coefficient (Wildman–Crippen LogP) is 5.18. The number of hydrogen-bond donors (Lipinski definition) is 1. The van der Waals surface area contributed by atoms with Crippen LogP contribution in [0.25, 0.3) is 11.4 Å². The van der Waals surface area contributed by atoms with Gasteiger partial charge in [-0.2, -0.15) is 0 Å². The van der Waals surface area contributed by atoms with Gasteiger partial charge in [0.1, 0.15) is 0 Å². The van der Waals surface area contributed by atoms with E-state index in [-0.39, 0.29) is 0 Å². The van der Waals surface area contributed by atoms with Crippen molar-refractivity contribution in [3.05, 3.63) is 63.6 Å². The van der Waals surface area contributed by atoms with Gasteiger partial charge in [-0.05, 0) is 23.8 Å². The maximum Gasteiger partial charge on any atom is 0.209 e. The third-order valence-electron chi connectivity index (χ3n) is 2.90. The van der Waals surface area contributed by atoms with Crippen LogP contribution in [0.5, 0.6) is 0 Å². The molecular formula is C15H11BrClN3S. The van der Waals surface area contributed by atoms with Crippen molar-refractivity contribution in [2.75, 3.05) is 0 Å². The Morgan fingerprint density at radius 1 is 1.10 bits per heavy atom. The first kappa shape index (κ1) is 14.6. The topological polar surface area (TPSA) is 41.6 Å². The second-order valence-electron chi connectivity index (χ2n) is 4.35. The molecule has 0 spiro atoms. The normalized spacial score (nSPS) is 10.8. The summed E-state index contributed by atoms with van der Waals surface area (Å²) < 4.78 is 1.04. The van der Waals surface area contributed by atoms with E-state index in [4.69, 9.17) is 11.6 Å². The molecule has 3 nitrogen and oxygen atoms in total. The minimum Gasteiger partial charge on any atom is -0.258 e. The van der Waals surface area contributed by atoms with Crippen molar-refractivity contribution >= 4 is 39.3 Å². The molecule has 0 aliphatic rings. The van der Waals surface area contributed by atoms with E-state index < -0.39 is 0 Å². The molecule has 0 atom stereocenters. The van der Waals surface area contributed by atoms with E-state index in [1.165, 1.54) is 0 Å². The van der Waals surface area contributed by atoms with Gasteiger partial charge in [0.15, 0.2) is 5.82 Å². The molecule has 0 aliphatic carbocycles. The summed E-state index contributed by atoms with van der Waals surface area (Å²) in [5, 5.41) is 8.68. The molecular weight excluding hydrogens is 370 g/mol. The number of H-pyrrole nitrogens is 1. The monoisotopic (exact) mass is 379 g/mol. The Morgan fingerprint density at radius 3 is 2.62 bits per heavy atom. The molecule has 3 aromatic rings. The molecule has 3 rings (SSSR count). The lowest BCUT2D eigenvalue weighted by atomic mass is 10.2. The Bertz CT molecular complexity index is 743. The number of rotatable bonds is 4. The molecule has 0 saturated carbocycles. The van der Waals surface area contributed by atoms with E-state index in [0.29, 0.717) is 5.16 Å². The smallest absolute Gasteiger partial charge is 0.209 e. The van der Waals surface area contributed by atoms with Gasteiger partial charge in [0.05, 0.1) is 0 Å². The first-order valence-electron chi connectivity index (χ1n) is 6.27. The van der Waals surface area contributed by atoms with Gasteiger partial charge in [-0.25, -0.2) is 4.98 Å². The zero-order valence-electron chi connectivity index (χ0n) is 10.9. The molecule has 0 unspecified atom stereocenters. The fourth-order valence-corrected chi connectivity index (χ4v) is 3.15. The van der Waals surface area contributed by atoms with Crippen LogP contribution in [-0.4, -0.2) is 15.2 Å². The standard InChI is InChI=1S/C15H11BrClN3S/c16-12-7-5-10(6-8-12)14-18-15(20-19-14)21-9-11-3-1-2-4-13(11)17/h1-8H,9H2,(H,18,19,20). The molecule has 1 aromatic heterocycles. The Balaban J connectivity index is 1.71. The van der Waals surface area contributed by atoms with Crippen molar-refractivity contribution in [3.8, 4) is 11.4 Å². The third-order valence-corrected chi connectivity index (χ3v) is 4.69. The summed E-state index contributed by atoms with van der Waals surface area (Å²) in [5.41, 5.74) is 2.09. The Kier molecular flexibility index (Phi) is 4.63. The summed E-state index contributed by atoms with van der Waals surface area (Å²) in [7, 11) is 0. The van der Waals surface area contributed by atoms with Crippen LogP contribution in [0.1, 0.15) is 5.56 Å². The molecule has 0 aliphatic heterocycles. The van der Waals surface area contributed by atoms with Crippen molar-refractivity contribution in [1.82, 2.24) is 15.2 Å². The molecule has 1 N–H and O–H groups in total. The SMILES string of the molecule is Clc1ccccc1CSc1n[nH]c(-c2ccc(Br)cc2)n1. The highest BCUT2D eigenvalue weighted by atomic mass is 79.9. The van der Waals surface area contributed by atoms with E-state index in [0.717, 1.165) is 32.2 Å². The molecule has 0 bridgehead atoms. The minimum absolute atomic E-state index is 0.716. The number of thioether (sulfide) groups is 1. The second kappa shape index (κ2) is 6.64. The van der Waals surface area contributed by atoms with Crippen LogP contribution in [0.2, 0.25) is 5.02 Å². The molecule has 1 heterocycles. The highest BCUT2D eigenvalue weighted by Crippen LogP contribution is 2.26. The lowest BCUT2D eigenvalue weighted by Crippen LogP contribution is -1.83. The Labute approximate surface area is 140 Å². The van der Waals surface area contributed by atoms with Gasteiger partial charge in [0, 0.05) is 20.8 Å². The Hall–Kier alpha value is -1.30. The van der Waals surface area contributed by atoms with Crippen LogP contribution in [-0.2, 0) is 5.75 Å². The average molecular weight is 381 g/mol. The minimum atomic E-state index is 0.716. The lowest BCUT2D eigenvalue weighted by Gasteiger charge is -2.00. The molecule has 0 fully saturated rings. The van der Waals surface area contributed by atoms with Gasteiger partial charge >= 0.3 is 0 Å². The number of halogens is 2. The molecule has 2 aromatic carbocycles. The molecule has 0 radical (unpaired) electrons. The fraction of sp³-hybridized carbons (Fsp3) is 0.0667. The molecule has 6 heteroatoms. The number of benzene rings is 2. The van der Waals surface area contributed by atoms with Crippen molar-refractivity contribution in [3.63, 3.8) is 0 Å². The molecule has 21 heavy (non-hydrogen) atoms. The number of nitrogens with one attached hydrogen (secondary N) is 1. The molecule has 0 amide bonds. The van der Waals surface area contributed by atoms with Gasteiger partial charge in [-0.15, -0.1) is 5.10 Å². The third kappa shape index (κ3) is 3.67. The van der Waals surface area contributed by atoms with E-state index >= 15 is 0 Å². The lowest BCUT2D eigenvalue weighted by molar-refractivity contribution is 0.973. The summed E-state index contributed by atoms with van der Waals surface area (Å²) in [5.74, 6) is 1.52. The summed E-state index contributed by atoms with van der Waals surface area (Å²) in [6, 6.07) is 15.8. The number of hydrogen-bond acceptors (Lipinski definition) is 3. The highest BCUT2D eigenvalue weighted by molar-refractivity contribution is 9.10. The van der Waals surface area contributed by atoms with Crippen LogP contribution in [0, 0.1) is 0 Å². The number of nitrogens with zero attached hydrogens (tertiary/aromatic N) is 2. The van der Waals surface area contributed by atoms with E-state index in [1.54, 1.807) is 11.8 Å². The van der Waals surface area contributed by atoms with Crippen LogP contribution in [0.15, 0.2) is 58.2 Å². The fourth-order valence-electron chi connectivity index (χ4n) is 1.81.